The van der Waals surface area contributed by atoms with Crippen LogP contribution in [0.1, 0.15) is 46.0 Å². The van der Waals surface area contributed by atoms with E-state index < -0.39 is 28.9 Å². The zero-order chi connectivity index (χ0) is 15.7. The van der Waals surface area contributed by atoms with Crippen LogP contribution >= 0.6 is 0 Å². The van der Waals surface area contributed by atoms with Crippen LogP contribution in [0.25, 0.3) is 0 Å². The fraction of sp³-hybridized carbons (Fsp3) is 1.00. The molecule has 0 radical (unpaired) electrons. The second-order valence-corrected chi connectivity index (χ2v) is 7.41. The molecule has 2 aliphatic rings. The fourth-order valence-electron chi connectivity index (χ4n) is 2.73. The molecule has 0 amide bonds. The summed E-state index contributed by atoms with van der Waals surface area (Å²) in [5.74, 6) is -0.867. The van der Waals surface area contributed by atoms with Crippen LogP contribution in [-0.2, 0) is 20.8 Å². The van der Waals surface area contributed by atoms with Gasteiger partial charge in [-0.3, -0.25) is 0 Å². The number of ether oxygens (including phenoxy) is 2. The highest BCUT2D eigenvalue weighted by molar-refractivity contribution is 7.90. The van der Waals surface area contributed by atoms with Gasteiger partial charge in [0.15, 0.2) is 11.3 Å². The highest BCUT2D eigenvalue weighted by Gasteiger charge is 2.61. The first kappa shape index (κ1) is 17.3. The van der Waals surface area contributed by atoms with E-state index in [4.69, 9.17) is 9.47 Å². The minimum atomic E-state index is -4.45. The summed E-state index contributed by atoms with van der Waals surface area (Å²) < 4.78 is 65.9. The average molecular weight is 329 g/mol. The van der Waals surface area contributed by atoms with Gasteiger partial charge in [-0.05, 0) is 26.2 Å². The largest absolute Gasteiger partial charge is 0.598 e. The summed E-state index contributed by atoms with van der Waals surface area (Å²) in [6.45, 7) is 4.33. The van der Waals surface area contributed by atoms with Crippen molar-refractivity contribution >= 4 is 11.4 Å². The monoisotopic (exact) mass is 329 g/mol. The molecule has 1 heterocycles. The highest BCUT2D eigenvalue weighted by atomic mass is 32.2. The molecule has 4 nitrogen and oxygen atoms in total. The van der Waals surface area contributed by atoms with Gasteiger partial charge in [0, 0.05) is 24.2 Å². The Kier molecular flexibility index (Phi) is 5.15. The third-order valence-electron chi connectivity index (χ3n) is 4.46. The molecule has 0 aromatic rings. The molecule has 0 bridgehead atoms. The first-order valence-corrected chi connectivity index (χ1v) is 8.48. The molecule has 2 rings (SSSR count). The SMILES string of the molecule is CCC(C)[S+]([O-])NC1(C(F)(F)F)CCC2(CC1)OCCO2. The summed E-state index contributed by atoms with van der Waals surface area (Å²) in [6, 6.07) is 0. The van der Waals surface area contributed by atoms with Gasteiger partial charge in [0.05, 0.1) is 13.2 Å². The molecule has 1 aliphatic heterocycles. The van der Waals surface area contributed by atoms with Crippen molar-refractivity contribution in [2.45, 2.75) is 68.7 Å². The predicted molar refractivity (Wildman–Crippen MR) is 72.9 cm³/mol. The van der Waals surface area contributed by atoms with Crippen LogP contribution < -0.4 is 4.72 Å². The lowest BCUT2D eigenvalue weighted by Crippen LogP contribution is -2.63. The van der Waals surface area contributed by atoms with Gasteiger partial charge < -0.3 is 14.0 Å². The van der Waals surface area contributed by atoms with Gasteiger partial charge in [0.1, 0.15) is 5.25 Å². The van der Waals surface area contributed by atoms with E-state index in [1.165, 1.54) is 0 Å². The van der Waals surface area contributed by atoms with Crippen LogP contribution in [0.3, 0.4) is 0 Å². The molecule has 1 N–H and O–H groups in total. The summed E-state index contributed by atoms with van der Waals surface area (Å²) in [4.78, 5) is 0. The van der Waals surface area contributed by atoms with Gasteiger partial charge in [-0.15, -0.1) is 4.72 Å². The first-order chi connectivity index (χ1) is 9.74. The zero-order valence-corrected chi connectivity index (χ0v) is 13.1. The maximum atomic E-state index is 13.5. The van der Waals surface area contributed by atoms with Gasteiger partial charge >= 0.3 is 6.18 Å². The summed E-state index contributed by atoms with van der Waals surface area (Å²) in [7, 11) is 0. The van der Waals surface area contributed by atoms with Crippen molar-refractivity contribution in [1.82, 2.24) is 4.72 Å². The Balaban J connectivity index is 2.09. The van der Waals surface area contributed by atoms with E-state index in [0.717, 1.165) is 0 Å². The molecular formula is C13H22F3NO3S. The molecule has 1 spiro atoms. The summed E-state index contributed by atoms with van der Waals surface area (Å²) >= 11 is -1.71. The van der Waals surface area contributed by atoms with Gasteiger partial charge in [-0.1, -0.05) is 6.92 Å². The molecule has 1 saturated carbocycles. The highest BCUT2D eigenvalue weighted by Crippen LogP contribution is 2.47. The van der Waals surface area contributed by atoms with E-state index in [9.17, 15) is 17.7 Å². The molecule has 1 saturated heterocycles. The Bertz CT molecular complexity index is 351. The van der Waals surface area contributed by atoms with Crippen LogP contribution in [0.4, 0.5) is 13.2 Å². The number of hydrogen-bond donors (Lipinski definition) is 1. The van der Waals surface area contributed by atoms with Crippen molar-refractivity contribution in [3.63, 3.8) is 0 Å². The van der Waals surface area contributed by atoms with E-state index >= 15 is 0 Å². The van der Waals surface area contributed by atoms with Crippen molar-refractivity contribution in [3.05, 3.63) is 0 Å². The van der Waals surface area contributed by atoms with E-state index in [2.05, 4.69) is 4.72 Å². The predicted octanol–water partition coefficient (Wildman–Crippen LogP) is 2.66. The Morgan fingerprint density at radius 1 is 1.19 bits per heavy atom. The molecular weight excluding hydrogens is 307 g/mol. The Morgan fingerprint density at radius 2 is 1.71 bits per heavy atom. The van der Waals surface area contributed by atoms with Crippen molar-refractivity contribution in [1.29, 1.82) is 0 Å². The smallest absolute Gasteiger partial charge is 0.410 e. The number of nitrogens with one attached hydrogen (secondary N) is 1. The summed E-state index contributed by atoms with van der Waals surface area (Å²) in [5, 5.41) is -0.320. The molecule has 2 atom stereocenters. The molecule has 0 aromatic heterocycles. The van der Waals surface area contributed by atoms with E-state index in [1.807, 2.05) is 0 Å². The van der Waals surface area contributed by atoms with Crippen LogP contribution in [0.2, 0.25) is 0 Å². The minimum absolute atomic E-state index is 0.164. The quantitative estimate of drug-likeness (QED) is 0.806. The molecule has 2 fully saturated rings. The van der Waals surface area contributed by atoms with Crippen molar-refractivity contribution in [2.24, 2.45) is 0 Å². The second kappa shape index (κ2) is 6.23. The van der Waals surface area contributed by atoms with Gasteiger partial charge in [-0.25, -0.2) is 0 Å². The molecule has 124 valence electrons. The summed E-state index contributed by atoms with van der Waals surface area (Å²) in [5.41, 5.74) is -2.11. The molecule has 21 heavy (non-hydrogen) atoms. The average Bonchev–Trinajstić information content (AvgIpc) is 2.88. The second-order valence-electron chi connectivity index (χ2n) is 5.81. The van der Waals surface area contributed by atoms with Crippen molar-refractivity contribution < 1.29 is 27.2 Å². The van der Waals surface area contributed by atoms with E-state index in [-0.39, 0.29) is 30.9 Å². The third-order valence-corrected chi connectivity index (χ3v) is 6.11. The maximum Gasteiger partial charge on any atom is 0.410 e. The molecule has 8 heteroatoms. The zero-order valence-electron chi connectivity index (χ0n) is 12.3. The Labute approximate surface area is 126 Å². The van der Waals surface area contributed by atoms with E-state index in [0.29, 0.717) is 19.6 Å². The fourth-order valence-corrected chi connectivity index (χ4v) is 3.94. The van der Waals surface area contributed by atoms with Gasteiger partial charge in [0.25, 0.3) is 0 Å². The number of halogens is 3. The van der Waals surface area contributed by atoms with Gasteiger partial charge in [0.2, 0.25) is 0 Å². The Morgan fingerprint density at radius 3 is 2.14 bits per heavy atom. The summed E-state index contributed by atoms with van der Waals surface area (Å²) in [6.07, 6.45) is -3.92. The van der Waals surface area contributed by atoms with Crippen molar-refractivity contribution in [2.75, 3.05) is 13.2 Å². The lowest BCUT2D eigenvalue weighted by molar-refractivity contribution is -0.239. The van der Waals surface area contributed by atoms with Gasteiger partial charge in [-0.2, -0.15) is 13.2 Å². The van der Waals surface area contributed by atoms with Crippen LogP contribution in [0.15, 0.2) is 0 Å². The standard InChI is InChI=1S/C13H22F3NO3S/c1-3-10(2)21(18)17-11(13(14,15)16)4-6-12(7-5-11)19-8-9-20-12/h10,17H,3-9H2,1-2H3. The molecule has 1 aliphatic carbocycles. The number of hydrogen-bond acceptors (Lipinski definition) is 4. The molecule has 0 aromatic carbocycles. The first-order valence-electron chi connectivity index (χ1n) is 7.27. The number of rotatable bonds is 4. The van der Waals surface area contributed by atoms with Crippen LogP contribution in [0.5, 0.6) is 0 Å². The van der Waals surface area contributed by atoms with E-state index in [1.54, 1.807) is 13.8 Å². The lowest BCUT2D eigenvalue weighted by Gasteiger charge is -2.44. The minimum Gasteiger partial charge on any atom is -0.598 e. The number of alkyl halides is 3. The van der Waals surface area contributed by atoms with Crippen molar-refractivity contribution in [3.8, 4) is 0 Å². The Hall–Kier alpha value is -0.0200. The van der Waals surface area contributed by atoms with Crippen LogP contribution in [-0.4, -0.2) is 40.5 Å². The maximum absolute atomic E-state index is 13.5. The normalized spacial score (nSPS) is 27.7. The lowest BCUT2D eigenvalue weighted by atomic mass is 9.79. The third kappa shape index (κ3) is 3.50. The van der Waals surface area contributed by atoms with Crippen LogP contribution in [0, 0.1) is 0 Å². The molecule has 2 unspecified atom stereocenters. The topological polar surface area (TPSA) is 53.5 Å².